The zero-order valence-corrected chi connectivity index (χ0v) is 9.16. The van der Waals surface area contributed by atoms with Gasteiger partial charge in [0.15, 0.2) is 0 Å². The van der Waals surface area contributed by atoms with Crippen LogP contribution in [-0.4, -0.2) is 19.0 Å². The summed E-state index contributed by atoms with van der Waals surface area (Å²) in [5.74, 6) is 1.63. The molecule has 0 heterocycles. The predicted molar refractivity (Wildman–Crippen MR) is 56.9 cm³/mol. The predicted octanol–water partition coefficient (Wildman–Crippen LogP) is 3.03. The molecular formula is C10H22ClN. The van der Waals surface area contributed by atoms with Gasteiger partial charge in [-0.3, -0.25) is 0 Å². The first-order chi connectivity index (χ1) is 5.81. The van der Waals surface area contributed by atoms with Crippen LogP contribution in [0.2, 0.25) is 0 Å². The Balaban J connectivity index is 2.90. The first kappa shape index (κ1) is 12.2. The molecule has 1 unspecified atom stereocenters. The van der Waals surface area contributed by atoms with Crippen molar-refractivity contribution in [1.82, 2.24) is 5.32 Å². The maximum absolute atomic E-state index is 5.57. The number of halogens is 1. The van der Waals surface area contributed by atoms with Gasteiger partial charge in [0.2, 0.25) is 0 Å². The van der Waals surface area contributed by atoms with Crippen LogP contribution in [0.25, 0.3) is 0 Å². The van der Waals surface area contributed by atoms with Crippen LogP contribution in [-0.2, 0) is 0 Å². The second-order valence-electron chi connectivity index (χ2n) is 3.47. The van der Waals surface area contributed by atoms with E-state index in [2.05, 4.69) is 19.2 Å². The Morgan fingerprint density at radius 2 is 2.00 bits per heavy atom. The lowest BCUT2D eigenvalue weighted by molar-refractivity contribution is 0.491. The summed E-state index contributed by atoms with van der Waals surface area (Å²) in [6, 6.07) is 0. The lowest BCUT2D eigenvalue weighted by Gasteiger charge is -2.09. The Bertz CT molecular complexity index is 85.9. The minimum atomic E-state index is 0.811. The number of unbranched alkanes of at least 4 members (excludes halogenated alkanes) is 2. The van der Waals surface area contributed by atoms with Crippen molar-refractivity contribution in [3.8, 4) is 0 Å². The zero-order chi connectivity index (χ0) is 9.23. The van der Waals surface area contributed by atoms with Crippen molar-refractivity contribution in [2.75, 3.05) is 19.0 Å². The van der Waals surface area contributed by atoms with E-state index in [1.165, 1.54) is 19.3 Å². The maximum atomic E-state index is 5.57. The van der Waals surface area contributed by atoms with Crippen molar-refractivity contribution in [3.05, 3.63) is 0 Å². The van der Waals surface area contributed by atoms with Gasteiger partial charge in [0, 0.05) is 5.88 Å². The van der Waals surface area contributed by atoms with E-state index in [0.29, 0.717) is 0 Å². The van der Waals surface area contributed by atoms with Crippen molar-refractivity contribution in [1.29, 1.82) is 0 Å². The third-order valence-corrected chi connectivity index (χ3v) is 2.44. The van der Waals surface area contributed by atoms with Crippen LogP contribution in [0.4, 0.5) is 0 Å². The molecular weight excluding hydrogens is 170 g/mol. The van der Waals surface area contributed by atoms with E-state index in [0.717, 1.165) is 31.3 Å². The van der Waals surface area contributed by atoms with E-state index >= 15 is 0 Å². The van der Waals surface area contributed by atoms with Crippen LogP contribution < -0.4 is 5.32 Å². The fourth-order valence-corrected chi connectivity index (χ4v) is 1.20. The summed E-state index contributed by atoms with van der Waals surface area (Å²) in [4.78, 5) is 0. The fourth-order valence-electron chi connectivity index (χ4n) is 1.01. The highest BCUT2D eigenvalue weighted by Crippen LogP contribution is 1.98. The van der Waals surface area contributed by atoms with Gasteiger partial charge in [0.05, 0.1) is 0 Å². The summed E-state index contributed by atoms with van der Waals surface area (Å²) in [5, 5.41) is 3.45. The standard InChI is InChI=1S/C10H22ClN/c1-3-10(2)9-12-8-6-4-5-7-11/h10,12H,3-9H2,1-2H3. The average Bonchev–Trinajstić information content (AvgIpc) is 2.10. The molecule has 0 spiro atoms. The minimum Gasteiger partial charge on any atom is -0.316 e. The van der Waals surface area contributed by atoms with E-state index < -0.39 is 0 Å². The van der Waals surface area contributed by atoms with Crippen molar-refractivity contribution in [3.63, 3.8) is 0 Å². The molecule has 0 fully saturated rings. The van der Waals surface area contributed by atoms with E-state index in [9.17, 15) is 0 Å². The van der Waals surface area contributed by atoms with Crippen LogP contribution in [0, 0.1) is 5.92 Å². The molecule has 0 rings (SSSR count). The molecule has 0 aliphatic carbocycles. The summed E-state index contributed by atoms with van der Waals surface area (Å²) < 4.78 is 0. The maximum Gasteiger partial charge on any atom is 0.0223 e. The molecule has 12 heavy (non-hydrogen) atoms. The second kappa shape index (κ2) is 9.34. The summed E-state index contributed by atoms with van der Waals surface area (Å²) in [5.41, 5.74) is 0. The van der Waals surface area contributed by atoms with Crippen LogP contribution >= 0.6 is 11.6 Å². The molecule has 0 amide bonds. The number of hydrogen-bond acceptors (Lipinski definition) is 1. The molecule has 1 nitrogen and oxygen atoms in total. The van der Waals surface area contributed by atoms with Crippen LogP contribution in [0.5, 0.6) is 0 Å². The highest BCUT2D eigenvalue weighted by molar-refractivity contribution is 6.17. The molecule has 1 atom stereocenters. The Hall–Kier alpha value is 0.250. The first-order valence-electron chi connectivity index (χ1n) is 5.08. The van der Waals surface area contributed by atoms with Crippen LogP contribution in [0.1, 0.15) is 39.5 Å². The first-order valence-corrected chi connectivity index (χ1v) is 5.61. The Kier molecular flexibility index (Phi) is 9.53. The van der Waals surface area contributed by atoms with Gasteiger partial charge in [0.1, 0.15) is 0 Å². The molecule has 0 aliphatic heterocycles. The Morgan fingerprint density at radius 1 is 1.25 bits per heavy atom. The number of alkyl halides is 1. The molecule has 1 N–H and O–H groups in total. The van der Waals surface area contributed by atoms with Gasteiger partial charge in [-0.2, -0.15) is 0 Å². The topological polar surface area (TPSA) is 12.0 Å². The summed E-state index contributed by atoms with van der Waals surface area (Å²) in [6.07, 6.45) is 4.96. The molecule has 0 bridgehead atoms. The summed E-state index contributed by atoms with van der Waals surface area (Å²) >= 11 is 5.57. The molecule has 0 aromatic rings. The normalized spacial score (nSPS) is 13.2. The van der Waals surface area contributed by atoms with Crippen LogP contribution in [0.15, 0.2) is 0 Å². The molecule has 74 valence electrons. The van der Waals surface area contributed by atoms with E-state index in [1.54, 1.807) is 0 Å². The van der Waals surface area contributed by atoms with E-state index in [1.807, 2.05) is 0 Å². The van der Waals surface area contributed by atoms with Gasteiger partial charge < -0.3 is 5.32 Å². The summed E-state index contributed by atoms with van der Waals surface area (Å²) in [6.45, 7) is 6.84. The van der Waals surface area contributed by atoms with Crippen LogP contribution in [0.3, 0.4) is 0 Å². The molecule has 0 aliphatic rings. The minimum absolute atomic E-state index is 0.811. The number of nitrogens with one attached hydrogen (secondary N) is 1. The van der Waals surface area contributed by atoms with Gasteiger partial charge in [-0.15, -0.1) is 11.6 Å². The van der Waals surface area contributed by atoms with Gasteiger partial charge >= 0.3 is 0 Å². The van der Waals surface area contributed by atoms with Gasteiger partial charge in [-0.1, -0.05) is 26.7 Å². The molecule has 0 saturated heterocycles. The lowest BCUT2D eigenvalue weighted by atomic mass is 10.1. The Labute approximate surface area is 81.9 Å². The average molecular weight is 192 g/mol. The second-order valence-corrected chi connectivity index (χ2v) is 3.85. The molecule has 0 aromatic heterocycles. The van der Waals surface area contributed by atoms with E-state index in [-0.39, 0.29) is 0 Å². The zero-order valence-electron chi connectivity index (χ0n) is 8.41. The molecule has 0 radical (unpaired) electrons. The fraction of sp³-hybridized carbons (Fsp3) is 1.00. The van der Waals surface area contributed by atoms with Crippen molar-refractivity contribution < 1.29 is 0 Å². The quantitative estimate of drug-likeness (QED) is 0.460. The number of rotatable bonds is 8. The third-order valence-electron chi connectivity index (χ3n) is 2.18. The lowest BCUT2D eigenvalue weighted by Crippen LogP contribution is -2.21. The van der Waals surface area contributed by atoms with Crippen molar-refractivity contribution in [2.24, 2.45) is 5.92 Å². The van der Waals surface area contributed by atoms with Crippen molar-refractivity contribution >= 4 is 11.6 Å². The smallest absolute Gasteiger partial charge is 0.0223 e. The number of hydrogen-bond donors (Lipinski definition) is 1. The highest BCUT2D eigenvalue weighted by atomic mass is 35.5. The Morgan fingerprint density at radius 3 is 2.58 bits per heavy atom. The summed E-state index contributed by atoms with van der Waals surface area (Å²) in [7, 11) is 0. The monoisotopic (exact) mass is 191 g/mol. The highest BCUT2D eigenvalue weighted by Gasteiger charge is 1.96. The van der Waals surface area contributed by atoms with Gasteiger partial charge in [-0.25, -0.2) is 0 Å². The molecule has 2 heteroatoms. The van der Waals surface area contributed by atoms with E-state index in [4.69, 9.17) is 11.6 Å². The third kappa shape index (κ3) is 8.35. The largest absolute Gasteiger partial charge is 0.316 e. The SMILES string of the molecule is CCC(C)CNCCCCCCl. The molecule has 0 saturated carbocycles. The van der Waals surface area contributed by atoms with Gasteiger partial charge in [-0.05, 0) is 31.8 Å². The van der Waals surface area contributed by atoms with Gasteiger partial charge in [0.25, 0.3) is 0 Å². The molecule has 0 aromatic carbocycles. The van der Waals surface area contributed by atoms with Crippen molar-refractivity contribution in [2.45, 2.75) is 39.5 Å².